The zero-order chi connectivity index (χ0) is 10.8. The predicted molar refractivity (Wildman–Crippen MR) is 50.9 cm³/mol. The van der Waals surface area contributed by atoms with E-state index in [9.17, 15) is 4.79 Å². The van der Waals surface area contributed by atoms with Gasteiger partial charge in [0, 0.05) is 14.2 Å². The Bertz CT molecular complexity index is 360. The van der Waals surface area contributed by atoms with Crippen LogP contribution in [0, 0.1) is 5.92 Å². The fraction of sp³-hybridized carbons (Fsp3) is 0.750. The zero-order valence-corrected chi connectivity index (χ0v) is 8.67. The molecule has 1 saturated carbocycles. The van der Waals surface area contributed by atoms with Crippen molar-refractivity contribution in [3.63, 3.8) is 0 Å². The number of tetrazole rings is 1. The topological polar surface area (TPSA) is 81.9 Å². The Morgan fingerprint density at radius 3 is 2.87 bits per heavy atom. The summed E-state index contributed by atoms with van der Waals surface area (Å²) in [6.45, 7) is 0. The smallest absolute Gasteiger partial charge is 0.256 e. The van der Waals surface area contributed by atoms with Crippen LogP contribution in [0.5, 0.6) is 0 Å². The van der Waals surface area contributed by atoms with E-state index in [1.54, 1.807) is 7.05 Å². The van der Waals surface area contributed by atoms with Crippen LogP contribution in [0.25, 0.3) is 0 Å². The van der Waals surface area contributed by atoms with Crippen molar-refractivity contribution in [1.29, 1.82) is 0 Å². The molecule has 0 aliphatic heterocycles. The molecule has 1 unspecified atom stereocenters. The third-order valence-corrected chi connectivity index (χ3v) is 2.42. The lowest BCUT2D eigenvalue weighted by Crippen LogP contribution is -2.32. The molecule has 15 heavy (non-hydrogen) atoms. The zero-order valence-electron chi connectivity index (χ0n) is 8.67. The van der Waals surface area contributed by atoms with E-state index in [2.05, 4.69) is 20.8 Å². The maximum atomic E-state index is 11.7. The van der Waals surface area contributed by atoms with Crippen LogP contribution >= 0.6 is 0 Å². The molecule has 0 radical (unpaired) electrons. The molecule has 0 spiro atoms. The first-order valence-electron chi connectivity index (χ1n) is 4.78. The molecule has 0 aromatic carbocycles. The number of hydrogen-bond acceptors (Lipinski definition) is 5. The van der Waals surface area contributed by atoms with Gasteiger partial charge in [-0.05, 0) is 29.2 Å². The molecule has 0 bridgehead atoms. The van der Waals surface area contributed by atoms with Gasteiger partial charge >= 0.3 is 0 Å². The minimum Gasteiger partial charge on any atom is -0.371 e. The van der Waals surface area contributed by atoms with Crippen molar-refractivity contribution in [1.82, 2.24) is 20.2 Å². The van der Waals surface area contributed by atoms with Crippen molar-refractivity contribution in [3.05, 3.63) is 0 Å². The number of nitrogens with one attached hydrogen (secondary N) is 1. The molecule has 1 aliphatic carbocycles. The van der Waals surface area contributed by atoms with Crippen molar-refractivity contribution < 1.29 is 9.53 Å². The number of amides is 1. The number of aromatic nitrogens is 4. The van der Waals surface area contributed by atoms with Crippen molar-refractivity contribution in [2.45, 2.75) is 18.9 Å². The van der Waals surface area contributed by atoms with Crippen LogP contribution in [0.1, 0.15) is 12.8 Å². The first kappa shape index (κ1) is 10.0. The van der Waals surface area contributed by atoms with Gasteiger partial charge in [0.25, 0.3) is 5.91 Å². The summed E-state index contributed by atoms with van der Waals surface area (Å²) in [5, 5.41) is 13.3. The molecule has 7 nitrogen and oxygen atoms in total. The van der Waals surface area contributed by atoms with Gasteiger partial charge in [-0.1, -0.05) is 5.10 Å². The second kappa shape index (κ2) is 3.93. The largest absolute Gasteiger partial charge is 0.371 e. The lowest BCUT2D eigenvalue weighted by atomic mass is 10.2. The molecule has 1 aromatic rings. The molecule has 7 heteroatoms. The average Bonchev–Trinajstić information content (AvgIpc) is 2.95. The number of carbonyl (C=O) groups excluding carboxylic acids is 1. The van der Waals surface area contributed by atoms with Gasteiger partial charge in [-0.3, -0.25) is 10.1 Å². The number of anilines is 1. The first-order chi connectivity index (χ1) is 7.22. The van der Waals surface area contributed by atoms with Crippen LogP contribution in [-0.4, -0.2) is 39.3 Å². The quantitative estimate of drug-likeness (QED) is 0.731. The summed E-state index contributed by atoms with van der Waals surface area (Å²) in [6, 6.07) is 0. The van der Waals surface area contributed by atoms with E-state index in [-0.39, 0.29) is 12.0 Å². The summed E-state index contributed by atoms with van der Waals surface area (Å²) >= 11 is 0. The van der Waals surface area contributed by atoms with Crippen molar-refractivity contribution in [2.24, 2.45) is 13.0 Å². The van der Waals surface area contributed by atoms with Crippen LogP contribution in [0.3, 0.4) is 0 Å². The third kappa shape index (κ3) is 2.12. The molecular weight excluding hydrogens is 198 g/mol. The van der Waals surface area contributed by atoms with Gasteiger partial charge in [0.2, 0.25) is 5.95 Å². The normalized spacial score (nSPS) is 17.5. The molecule has 1 atom stereocenters. The molecule has 1 fully saturated rings. The SMILES string of the molecule is COC(C(=O)Nc1nnnn1C)C1CC1. The van der Waals surface area contributed by atoms with Gasteiger partial charge in [0.1, 0.15) is 6.10 Å². The van der Waals surface area contributed by atoms with Gasteiger partial charge in [-0.15, -0.1) is 0 Å². The molecule has 1 heterocycles. The third-order valence-electron chi connectivity index (χ3n) is 2.42. The molecule has 82 valence electrons. The second-order valence-electron chi connectivity index (χ2n) is 3.61. The van der Waals surface area contributed by atoms with Gasteiger partial charge in [0.15, 0.2) is 0 Å². The highest BCUT2D eigenvalue weighted by Gasteiger charge is 2.36. The number of methoxy groups -OCH3 is 1. The summed E-state index contributed by atoms with van der Waals surface area (Å²) in [6.07, 6.45) is 1.70. The van der Waals surface area contributed by atoms with E-state index >= 15 is 0 Å². The lowest BCUT2D eigenvalue weighted by Gasteiger charge is -2.12. The Balaban J connectivity index is 1.99. The predicted octanol–water partition coefficient (Wildman–Crippen LogP) is -0.426. The molecule has 0 saturated heterocycles. The minimum absolute atomic E-state index is 0.182. The van der Waals surface area contributed by atoms with Crippen molar-refractivity contribution >= 4 is 11.9 Å². The van der Waals surface area contributed by atoms with Crippen LogP contribution < -0.4 is 5.32 Å². The Labute approximate surface area is 86.8 Å². The van der Waals surface area contributed by atoms with Crippen molar-refractivity contribution in [3.8, 4) is 0 Å². The first-order valence-corrected chi connectivity index (χ1v) is 4.78. The molecule has 1 N–H and O–H groups in total. The van der Waals surface area contributed by atoms with Gasteiger partial charge in [-0.25, -0.2) is 4.68 Å². The number of nitrogens with zero attached hydrogens (tertiary/aromatic N) is 4. The highest BCUT2D eigenvalue weighted by atomic mass is 16.5. The fourth-order valence-corrected chi connectivity index (χ4v) is 1.43. The molecular formula is C8H13N5O2. The monoisotopic (exact) mass is 211 g/mol. The second-order valence-corrected chi connectivity index (χ2v) is 3.61. The summed E-state index contributed by atoms with van der Waals surface area (Å²) in [5.74, 6) is 0.497. The molecule has 1 amide bonds. The average molecular weight is 211 g/mol. The van der Waals surface area contributed by atoms with Gasteiger partial charge < -0.3 is 4.74 Å². The van der Waals surface area contributed by atoms with E-state index in [0.717, 1.165) is 12.8 Å². The standard InChI is InChI=1S/C8H13N5O2/c1-13-8(10-11-12-13)9-7(14)6(15-2)5-3-4-5/h5-6H,3-4H2,1-2H3,(H,9,10,12,14). The van der Waals surface area contributed by atoms with Crippen LogP contribution in [-0.2, 0) is 16.6 Å². The Hall–Kier alpha value is -1.50. The van der Waals surface area contributed by atoms with Gasteiger partial charge in [0.05, 0.1) is 0 Å². The Kier molecular flexibility index (Phi) is 2.63. The number of rotatable bonds is 4. The van der Waals surface area contributed by atoms with E-state index in [1.165, 1.54) is 11.8 Å². The minimum atomic E-state index is -0.387. The maximum Gasteiger partial charge on any atom is 0.256 e. The van der Waals surface area contributed by atoms with E-state index in [0.29, 0.717) is 11.9 Å². The molecule has 1 aliphatic rings. The van der Waals surface area contributed by atoms with Crippen LogP contribution in [0.2, 0.25) is 0 Å². The summed E-state index contributed by atoms with van der Waals surface area (Å²) < 4.78 is 6.54. The molecule has 2 rings (SSSR count). The van der Waals surface area contributed by atoms with E-state index in [4.69, 9.17) is 4.74 Å². The van der Waals surface area contributed by atoms with Gasteiger partial charge in [-0.2, -0.15) is 0 Å². The highest BCUT2D eigenvalue weighted by Crippen LogP contribution is 2.34. The summed E-state index contributed by atoms with van der Waals surface area (Å²) in [5.41, 5.74) is 0. The fourth-order valence-electron chi connectivity index (χ4n) is 1.43. The maximum absolute atomic E-state index is 11.7. The summed E-state index contributed by atoms with van der Waals surface area (Å²) in [7, 11) is 3.20. The number of carbonyl (C=O) groups is 1. The molecule has 1 aromatic heterocycles. The Morgan fingerprint density at radius 1 is 1.67 bits per heavy atom. The number of aryl methyl sites for hydroxylation is 1. The number of hydrogen-bond donors (Lipinski definition) is 1. The lowest BCUT2D eigenvalue weighted by molar-refractivity contribution is -0.126. The Morgan fingerprint density at radius 2 is 2.40 bits per heavy atom. The van der Waals surface area contributed by atoms with E-state index < -0.39 is 0 Å². The highest BCUT2D eigenvalue weighted by molar-refractivity contribution is 5.93. The van der Waals surface area contributed by atoms with Crippen LogP contribution in [0.15, 0.2) is 0 Å². The van der Waals surface area contributed by atoms with Crippen molar-refractivity contribution in [2.75, 3.05) is 12.4 Å². The van der Waals surface area contributed by atoms with E-state index in [1.807, 2.05) is 0 Å². The number of ether oxygens (including phenoxy) is 1. The summed E-state index contributed by atoms with van der Waals surface area (Å²) in [4.78, 5) is 11.7. The van der Waals surface area contributed by atoms with Crippen LogP contribution in [0.4, 0.5) is 5.95 Å².